The molecule has 0 aliphatic rings. The van der Waals surface area contributed by atoms with Crippen molar-refractivity contribution in [1.29, 1.82) is 0 Å². The Morgan fingerprint density at radius 1 is 1.17 bits per heavy atom. The summed E-state index contributed by atoms with van der Waals surface area (Å²) in [6.45, 7) is 3.34. The second-order valence-corrected chi connectivity index (χ2v) is 5.10. The molecule has 8 heteroatoms. The minimum Gasteiger partial charge on any atom is -0.473 e. The van der Waals surface area contributed by atoms with E-state index >= 15 is 0 Å². The lowest BCUT2D eigenvalue weighted by atomic mass is 10.2. The van der Waals surface area contributed by atoms with Gasteiger partial charge in [-0.1, -0.05) is 18.2 Å². The largest absolute Gasteiger partial charge is 0.473 e. The Morgan fingerprint density at radius 3 is 2.62 bits per heavy atom. The van der Waals surface area contributed by atoms with Gasteiger partial charge in [-0.25, -0.2) is 0 Å². The molecule has 0 spiro atoms. The second kappa shape index (κ2) is 6.45. The minimum absolute atomic E-state index is 0.0533. The molecular weight excluding hydrogens is 312 g/mol. The van der Waals surface area contributed by atoms with Gasteiger partial charge in [0.25, 0.3) is 5.89 Å². The molecule has 0 radical (unpaired) electrons. The molecule has 3 aromatic rings. The fourth-order valence-electron chi connectivity index (χ4n) is 2.09. The molecule has 8 nitrogen and oxygen atoms in total. The fraction of sp³-hybridized carbons (Fsp3) is 0.188. The maximum atomic E-state index is 11.1. The standard InChI is InChI=1S/C16H14N4O4/c1-10-8-9-13(14(17-10)20(21)22)23-11(2)15-18-19-16(24-15)12-6-4-3-5-7-12/h3-9,11H,1-2H3/t11-/m1/s1. The van der Waals surface area contributed by atoms with Crippen LogP contribution in [0.4, 0.5) is 5.82 Å². The highest BCUT2D eigenvalue weighted by molar-refractivity contribution is 5.51. The molecule has 1 atom stereocenters. The molecule has 3 rings (SSSR count). The number of ether oxygens (including phenoxy) is 1. The van der Waals surface area contributed by atoms with E-state index in [1.165, 1.54) is 6.07 Å². The van der Waals surface area contributed by atoms with Gasteiger partial charge >= 0.3 is 5.82 Å². The number of nitro groups is 1. The van der Waals surface area contributed by atoms with E-state index in [4.69, 9.17) is 9.15 Å². The Morgan fingerprint density at radius 2 is 1.92 bits per heavy atom. The average molecular weight is 326 g/mol. The number of aryl methyl sites for hydroxylation is 1. The minimum atomic E-state index is -0.654. The van der Waals surface area contributed by atoms with Crippen molar-refractivity contribution >= 4 is 5.82 Å². The molecule has 0 bridgehead atoms. The summed E-state index contributed by atoms with van der Waals surface area (Å²) in [5.41, 5.74) is 1.32. The molecule has 0 fully saturated rings. The number of hydrogen-bond donors (Lipinski definition) is 0. The zero-order valence-corrected chi connectivity index (χ0v) is 13.0. The first-order chi connectivity index (χ1) is 11.5. The van der Waals surface area contributed by atoms with Crippen molar-refractivity contribution in [2.75, 3.05) is 0 Å². The SMILES string of the molecule is Cc1ccc(O[C@H](C)c2nnc(-c3ccccc3)o2)c([N+](=O)[O-])n1. The van der Waals surface area contributed by atoms with Gasteiger partial charge in [0, 0.05) is 12.5 Å². The zero-order chi connectivity index (χ0) is 17.1. The molecule has 24 heavy (non-hydrogen) atoms. The highest BCUT2D eigenvalue weighted by atomic mass is 16.6. The van der Waals surface area contributed by atoms with E-state index in [0.717, 1.165) is 5.56 Å². The molecule has 2 heterocycles. The van der Waals surface area contributed by atoms with Crippen LogP contribution in [0.2, 0.25) is 0 Å². The highest BCUT2D eigenvalue weighted by Gasteiger charge is 2.23. The first-order valence-corrected chi connectivity index (χ1v) is 7.22. The maximum absolute atomic E-state index is 11.1. The van der Waals surface area contributed by atoms with E-state index in [9.17, 15) is 10.1 Å². The molecule has 0 amide bonds. The van der Waals surface area contributed by atoms with E-state index in [-0.39, 0.29) is 17.5 Å². The molecule has 122 valence electrons. The van der Waals surface area contributed by atoms with Crippen LogP contribution in [0.3, 0.4) is 0 Å². The molecule has 0 saturated heterocycles. The summed E-state index contributed by atoms with van der Waals surface area (Å²) >= 11 is 0. The summed E-state index contributed by atoms with van der Waals surface area (Å²) in [4.78, 5) is 14.4. The Labute approximate surface area is 137 Å². The quantitative estimate of drug-likeness (QED) is 0.522. The van der Waals surface area contributed by atoms with Gasteiger partial charge in [-0.15, -0.1) is 10.2 Å². The monoisotopic (exact) mass is 326 g/mol. The van der Waals surface area contributed by atoms with Crippen LogP contribution in [0, 0.1) is 17.0 Å². The Kier molecular flexibility index (Phi) is 4.19. The van der Waals surface area contributed by atoms with Crippen molar-refractivity contribution in [2.24, 2.45) is 0 Å². The van der Waals surface area contributed by atoms with Gasteiger partial charge in [0.2, 0.25) is 11.6 Å². The van der Waals surface area contributed by atoms with Crippen LogP contribution in [0.5, 0.6) is 5.75 Å². The zero-order valence-electron chi connectivity index (χ0n) is 13.0. The van der Waals surface area contributed by atoms with Gasteiger partial charge in [-0.3, -0.25) is 0 Å². The summed E-state index contributed by atoms with van der Waals surface area (Å²) in [6, 6.07) is 12.4. The van der Waals surface area contributed by atoms with Gasteiger partial charge in [-0.05, 0) is 41.1 Å². The highest BCUT2D eigenvalue weighted by Crippen LogP contribution is 2.30. The van der Waals surface area contributed by atoms with Crippen LogP contribution in [0.15, 0.2) is 46.9 Å². The van der Waals surface area contributed by atoms with Crippen LogP contribution in [0.1, 0.15) is 24.6 Å². The predicted molar refractivity (Wildman–Crippen MR) is 84.4 cm³/mol. The van der Waals surface area contributed by atoms with Crippen LogP contribution in [0.25, 0.3) is 11.5 Å². The van der Waals surface area contributed by atoms with Crippen LogP contribution < -0.4 is 4.74 Å². The van der Waals surface area contributed by atoms with E-state index in [1.54, 1.807) is 19.9 Å². The number of nitrogens with zero attached hydrogens (tertiary/aromatic N) is 4. The Bertz CT molecular complexity index is 864. The van der Waals surface area contributed by atoms with Crippen LogP contribution >= 0.6 is 0 Å². The number of pyridine rings is 1. The normalized spacial score (nSPS) is 11.9. The van der Waals surface area contributed by atoms with Gasteiger partial charge in [-0.2, -0.15) is 0 Å². The van der Waals surface area contributed by atoms with E-state index in [0.29, 0.717) is 11.6 Å². The smallest absolute Gasteiger partial charge is 0.406 e. The van der Waals surface area contributed by atoms with Crippen molar-refractivity contribution < 1.29 is 14.1 Å². The molecule has 0 N–H and O–H groups in total. The van der Waals surface area contributed by atoms with Crippen LogP contribution in [-0.4, -0.2) is 20.1 Å². The third-order valence-electron chi connectivity index (χ3n) is 3.26. The van der Waals surface area contributed by atoms with E-state index < -0.39 is 11.0 Å². The topological polar surface area (TPSA) is 104 Å². The lowest BCUT2D eigenvalue weighted by molar-refractivity contribution is -0.390. The molecular formula is C16H14N4O4. The van der Waals surface area contributed by atoms with Crippen LogP contribution in [-0.2, 0) is 0 Å². The first kappa shape index (κ1) is 15.6. The molecule has 0 saturated carbocycles. The molecule has 0 aliphatic carbocycles. The second-order valence-electron chi connectivity index (χ2n) is 5.10. The number of aromatic nitrogens is 3. The maximum Gasteiger partial charge on any atom is 0.406 e. The van der Waals surface area contributed by atoms with E-state index in [2.05, 4.69) is 15.2 Å². The van der Waals surface area contributed by atoms with Crippen molar-refractivity contribution in [2.45, 2.75) is 20.0 Å². The number of hydrogen-bond acceptors (Lipinski definition) is 7. The van der Waals surface area contributed by atoms with Crippen molar-refractivity contribution in [3.63, 3.8) is 0 Å². The first-order valence-electron chi connectivity index (χ1n) is 7.22. The van der Waals surface area contributed by atoms with Crippen molar-refractivity contribution in [3.8, 4) is 17.2 Å². The lowest BCUT2D eigenvalue weighted by Gasteiger charge is -2.10. The average Bonchev–Trinajstić information content (AvgIpc) is 3.07. The fourth-order valence-corrected chi connectivity index (χ4v) is 2.09. The Balaban J connectivity index is 1.82. The van der Waals surface area contributed by atoms with Gasteiger partial charge in [0.1, 0.15) is 5.69 Å². The van der Waals surface area contributed by atoms with Crippen molar-refractivity contribution in [3.05, 3.63) is 64.2 Å². The third kappa shape index (κ3) is 3.22. The molecule has 1 aromatic carbocycles. The number of benzene rings is 1. The van der Waals surface area contributed by atoms with Gasteiger partial charge < -0.3 is 19.3 Å². The summed E-state index contributed by atoms with van der Waals surface area (Å²) < 4.78 is 11.2. The van der Waals surface area contributed by atoms with Crippen molar-refractivity contribution in [1.82, 2.24) is 15.2 Å². The van der Waals surface area contributed by atoms with E-state index in [1.807, 2.05) is 30.3 Å². The molecule has 0 unspecified atom stereocenters. The Hall–Kier alpha value is -3.29. The summed E-state index contributed by atoms with van der Waals surface area (Å²) in [5, 5.41) is 19.0. The summed E-state index contributed by atoms with van der Waals surface area (Å²) in [6.07, 6.45) is -0.654. The summed E-state index contributed by atoms with van der Waals surface area (Å²) in [7, 11) is 0. The molecule has 2 aromatic heterocycles. The number of rotatable bonds is 5. The predicted octanol–water partition coefficient (Wildman–Crippen LogP) is 3.49. The molecule has 0 aliphatic heterocycles. The summed E-state index contributed by atoms with van der Waals surface area (Å²) in [5.74, 6) is 0.295. The van der Waals surface area contributed by atoms with Gasteiger partial charge in [0.15, 0.2) is 6.10 Å². The third-order valence-corrected chi connectivity index (χ3v) is 3.26. The van der Waals surface area contributed by atoms with Gasteiger partial charge in [0.05, 0.1) is 0 Å². The lowest BCUT2D eigenvalue weighted by Crippen LogP contribution is -2.06.